The molecule has 3 aromatic carbocycles. The summed E-state index contributed by atoms with van der Waals surface area (Å²) in [5.41, 5.74) is 2.07. The third-order valence-electron chi connectivity index (χ3n) is 5.51. The first kappa shape index (κ1) is 27.2. The molecule has 0 saturated carbocycles. The fourth-order valence-electron chi connectivity index (χ4n) is 3.59. The topological polar surface area (TPSA) is 110 Å². The van der Waals surface area contributed by atoms with E-state index in [4.69, 9.17) is 4.74 Å². The minimum atomic E-state index is -3.75. The highest BCUT2D eigenvalue weighted by molar-refractivity contribution is 7.92. The molecule has 3 rings (SSSR count). The predicted molar refractivity (Wildman–Crippen MR) is 140 cm³/mol. The highest BCUT2D eigenvalue weighted by Crippen LogP contribution is 2.23. The van der Waals surface area contributed by atoms with E-state index in [0.29, 0.717) is 24.5 Å². The molecule has 192 valence electrons. The highest BCUT2D eigenvalue weighted by atomic mass is 32.2. The normalized spacial score (nSPS) is 12.5. The molecule has 0 aromatic heterocycles. The SMILES string of the molecule is CCC(NC(=O)CN(c1ccc(OCc2ccccc2)cc1)S(C)(=O)=O)c1ccc(S(C)(=O)=O)cc1. The van der Waals surface area contributed by atoms with Gasteiger partial charge in [0.2, 0.25) is 15.9 Å². The molecule has 0 aliphatic rings. The number of nitrogens with zero attached hydrogens (tertiary/aromatic N) is 1. The summed E-state index contributed by atoms with van der Waals surface area (Å²) < 4.78 is 55.1. The number of sulfonamides is 1. The summed E-state index contributed by atoms with van der Waals surface area (Å²) in [7, 11) is -7.07. The van der Waals surface area contributed by atoms with E-state index in [2.05, 4.69) is 5.32 Å². The maximum Gasteiger partial charge on any atom is 0.241 e. The minimum Gasteiger partial charge on any atom is -0.489 e. The number of amides is 1. The number of hydrogen-bond donors (Lipinski definition) is 1. The molecule has 1 amide bonds. The van der Waals surface area contributed by atoms with Crippen molar-refractivity contribution in [3.05, 3.63) is 90.0 Å². The van der Waals surface area contributed by atoms with Gasteiger partial charge < -0.3 is 10.1 Å². The Morgan fingerprint density at radius 1 is 0.889 bits per heavy atom. The molecule has 0 aliphatic heterocycles. The predicted octanol–water partition coefficient (Wildman–Crippen LogP) is 3.70. The molecule has 8 nitrogen and oxygen atoms in total. The van der Waals surface area contributed by atoms with Gasteiger partial charge in [0.05, 0.1) is 22.9 Å². The number of carbonyl (C=O) groups excluding carboxylic acids is 1. The zero-order valence-electron chi connectivity index (χ0n) is 20.4. The maximum atomic E-state index is 12.8. The van der Waals surface area contributed by atoms with Crippen LogP contribution in [0.1, 0.15) is 30.5 Å². The van der Waals surface area contributed by atoms with Crippen molar-refractivity contribution >= 4 is 31.5 Å². The van der Waals surface area contributed by atoms with Crippen LogP contribution in [0.25, 0.3) is 0 Å². The highest BCUT2D eigenvalue weighted by Gasteiger charge is 2.23. The van der Waals surface area contributed by atoms with Crippen molar-refractivity contribution in [2.75, 3.05) is 23.4 Å². The Labute approximate surface area is 212 Å². The Kier molecular flexibility index (Phi) is 8.75. The third-order valence-corrected chi connectivity index (χ3v) is 7.78. The zero-order chi connectivity index (χ0) is 26.3. The fourth-order valence-corrected chi connectivity index (χ4v) is 5.08. The first-order valence-electron chi connectivity index (χ1n) is 11.3. The molecule has 3 aromatic rings. The Bertz CT molecular complexity index is 1370. The van der Waals surface area contributed by atoms with Crippen LogP contribution in [0, 0.1) is 0 Å². The van der Waals surface area contributed by atoms with Crippen LogP contribution >= 0.6 is 0 Å². The number of benzene rings is 3. The molecule has 10 heteroatoms. The summed E-state index contributed by atoms with van der Waals surface area (Å²) in [5, 5.41) is 2.84. The lowest BCUT2D eigenvalue weighted by molar-refractivity contribution is -0.120. The van der Waals surface area contributed by atoms with Crippen molar-refractivity contribution in [2.45, 2.75) is 30.9 Å². The van der Waals surface area contributed by atoms with Crippen molar-refractivity contribution in [1.82, 2.24) is 5.32 Å². The van der Waals surface area contributed by atoms with Crippen LogP contribution in [0.3, 0.4) is 0 Å². The lowest BCUT2D eigenvalue weighted by atomic mass is 10.0. The van der Waals surface area contributed by atoms with E-state index >= 15 is 0 Å². The number of sulfone groups is 1. The van der Waals surface area contributed by atoms with Gasteiger partial charge in [0.15, 0.2) is 9.84 Å². The fraction of sp³-hybridized carbons (Fsp3) is 0.269. The molecule has 0 radical (unpaired) electrons. The van der Waals surface area contributed by atoms with Crippen LogP contribution in [0.4, 0.5) is 5.69 Å². The summed E-state index contributed by atoms with van der Waals surface area (Å²) in [4.78, 5) is 13.0. The van der Waals surface area contributed by atoms with Crippen molar-refractivity contribution in [1.29, 1.82) is 0 Å². The Balaban J connectivity index is 1.68. The van der Waals surface area contributed by atoms with E-state index in [9.17, 15) is 21.6 Å². The van der Waals surface area contributed by atoms with Gasteiger partial charge in [0.25, 0.3) is 0 Å². The van der Waals surface area contributed by atoms with E-state index in [1.165, 1.54) is 12.1 Å². The van der Waals surface area contributed by atoms with Gasteiger partial charge in [-0.3, -0.25) is 9.10 Å². The quantitative estimate of drug-likeness (QED) is 0.405. The summed E-state index contributed by atoms with van der Waals surface area (Å²) >= 11 is 0. The van der Waals surface area contributed by atoms with Crippen molar-refractivity contribution in [3.8, 4) is 5.75 Å². The monoisotopic (exact) mass is 530 g/mol. The van der Waals surface area contributed by atoms with Gasteiger partial charge in [0.1, 0.15) is 18.9 Å². The molecule has 0 fully saturated rings. The van der Waals surface area contributed by atoms with Crippen molar-refractivity contribution in [2.24, 2.45) is 0 Å². The van der Waals surface area contributed by atoms with Gasteiger partial charge in [-0.15, -0.1) is 0 Å². The Hall–Kier alpha value is -3.37. The van der Waals surface area contributed by atoms with Gasteiger partial charge in [-0.25, -0.2) is 16.8 Å². The van der Waals surface area contributed by atoms with Crippen LogP contribution in [0.2, 0.25) is 0 Å². The zero-order valence-corrected chi connectivity index (χ0v) is 22.1. The second kappa shape index (κ2) is 11.6. The van der Waals surface area contributed by atoms with Crippen LogP contribution in [-0.4, -0.2) is 41.8 Å². The molecule has 1 atom stereocenters. The van der Waals surface area contributed by atoms with Crippen LogP contribution < -0.4 is 14.4 Å². The van der Waals surface area contributed by atoms with E-state index in [1.807, 2.05) is 37.3 Å². The number of ether oxygens (including phenoxy) is 1. The van der Waals surface area contributed by atoms with Crippen molar-refractivity contribution in [3.63, 3.8) is 0 Å². The van der Waals surface area contributed by atoms with Gasteiger partial charge >= 0.3 is 0 Å². The average Bonchev–Trinajstić information content (AvgIpc) is 2.84. The number of nitrogens with one attached hydrogen (secondary N) is 1. The smallest absolute Gasteiger partial charge is 0.241 e. The number of anilines is 1. The molecule has 0 aliphatic carbocycles. The summed E-state index contributed by atoms with van der Waals surface area (Å²) in [6.45, 7) is 1.85. The molecule has 0 saturated heterocycles. The van der Waals surface area contributed by atoms with Gasteiger partial charge in [0, 0.05) is 6.26 Å². The van der Waals surface area contributed by atoms with E-state index < -0.39 is 38.4 Å². The van der Waals surface area contributed by atoms with E-state index in [1.54, 1.807) is 36.4 Å². The molecule has 0 bridgehead atoms. The summed E-state index contributed by atoms with van der Waals surface area (Å²) in [6.07, 6.45) is 2.71. The van der Waals surface area contributed by atoms with Gasteiger partial charge in [-0.1, -0.05) is 49.4 Å². The van der Waals surface area contributed by atoms with E-state index in [0.717, 1.165) is 27.9 Å². The van der Waals surface area contributed by atoms with Gasteiger partial charge in [-0.05, 0) is 53.9 Å². The van der Waals surface area contributed by atoms with Gasteiger partial charge in [-0.2, -0.15) is 0 Å². The number of carbonyl (C=O) groups is 1. The number of rotatable bonds is 11. The summed E-state index contributed by atoms with van der Waals surface area (Å²) in [5.74, 6) is 0.0907. The second-order valence-corrected chi connectivity index (χ2v) is 12.3. The second-order valence-electron chi connectivity index (χ2n) is 8.41. The van der Waals surface area contributed by atoms with Crippen LogP contribution in [-0.2, 0) is 31.3 Å². The Morgan fingerprint density at radius 3 is 2.03 bits per heavy atom. The molecule has 1 unspecified atom stereocenters. The molecule has 0 heterocycles. The van der Waals surface area contributed by atoms with Crippen LogP contribution in [0.5, 0.6) is 5.75 Å². The lowest BCUT2D eigenvalue weighted by Crippen LogP contribution is -2.41. The first-order chi connectivity index (χ1) is 17.0. The largest absolute Gasteiger partial charge is 0.489 e. The molecule has 1 N–H and O–H groups in total. The Morgan fingerprint density at radius 2 is 1.50 bits per heavy atom. The standard InChI is InChI=1S/C26H30N2O6S2/c1-4-25(21-10-16-24(17-11-21)35(2,30)31)27-26(29)18-28(36(3,32)33)22-12-14-23(15-13-22)34-19-20-8-6-5-7-9-20/h5-17,25H,4,18-19H2,1-3H3,(H,27,29). The minimum absolute atomic E-state index is 0.187. The molecule has 36 heavy (non-hydrogen) atoms. The third kappa shape index (κ3) is 7.56. The molecular formula is C26H30N2O6S2. The lowest BCUT2D eigenvalue weighted by Gasteiger charge is -2.24. The summed E-state index contributed by atoms with van der Waals surface area (Å²) in [6, 6.07) is 22.0. The average molecular weight is 531 g/mol. The maximum absolute atomic E-state index is 12.8. The first-order valence-corrected chi connectivity index (χ1v) is 15.0. The molecule has 0 spiro atoms. The van der Waals surface area contributed by atoms with E-state index in [-0.39, 0.29) is 4.90 Å². The van der Waals surface area contributed by atoms with Crippen molar-refractivity contribution < 1.29 is 26.4 Å². The number of hydrogen-bond acceptors (Lipinski definition) is 6. The van der Waals surface area contributed by atoms with Crippen LogP contribution in [0.15, 0.2) is 83.8 Å². The molecular weight excluding hydrogens is 500 g/mol.